The van der Waals surface area contributed by atoms with Gasteiger partial charge in [-0.2, -0.15) is 0 Å². The van der Waals surface area contributed by atoms with Gasteiger partial charge in [-0.3, -0.25) is 29.5 Å². The summed E-state index contributed by atoms with van der Waals surface area (Å²) in [4.78, 5) is 59.1. The molecule has 6 atom stereocenters. The molecular weight excluding hydrogens is 691 g/mol. The number of hydrogen-bond donors (Lipinski definition) is 2. The van der Waals surface area contributed by atoms with Crippen molar-refractivity contribution in [3.8, 4) is 11.1 Å². The number of benzene rings is 2. The molecule has 0 radical (unpaired) electrons. The number of amides is 3. The molecule has 2 bridgehead atoms. The molecule has 5 aliphatic rings. The van der Waals surface area contributed by atoms with Crippen LogP contribution in [-0.2, 0) is 20.9 Å². The van der Waals surface area contributed by atoms with E-state index in [-0.39, 0.29) is 35.6 Å². The molecule has 3 fully saturated rings. The number of nitrogens with one attached hydrogen (secondary N) is 2. The van der Waals surface area contributed by atoms with E-state index in [4.69, 9.17) is 14.7 Å². The van der Waals surface area contributed by atoms with Crippen molar-refractivity contribution in [3.05, 3.63) is 96.3 Å². The van der Waals surface area contributed by atoms with Crippen molar-refractivity contribution in [2.45, 2.75) is 77.4 Å². The minimum atomic E-state index is -0.647. The van der Waals surface area contributed by atoms with Crippen LogP contribution in [0.2, 0.25) is 0 Å². The van der Waals surface area contributed by atoms with Crippen molar-refractivity contribution >= 4 is 40.5 Å². The number of methoxy groups -OCH3 is 1. The summed E-state index contributed by atoms with van der Waals surface area (Å²) in [7, 11) is 1.31. The fourth-order valence-electron chi connectivity index (χ4n) is 9.53. The highest BCUT2D eigenvalue weighted by molar-refractivity contribution is 6.04. The van der Waals surface area contributed by atoms with E-state index < -0.39 is 12.1 Å². The van der Waals surface area contributed by atoms with Crippen molar-refractivity contribution in [3.63, 3.8) is 0 Å². The van der Waals surface area contributed by atoms with Crippen LogP contribution in [0.3, 0.4) is 0 Å². The Kier molecular flexibility index (Phi) is 10.4. The lowest BCUT2D eigenvalue weighted by atomic mass is 9.75. The van der Waals surface area contributed by atoms with Gasteiger partial charge in [0.05, 0.1) is 31.6 Å². The number of allylic oxidation sites excluding steroid dienone is 2. The van der Waals surface area contributed by atoms with Crippen LogP contribution in [0.15, 0.2) is 89.5 Å². The van der Waals surface area contributed by atoms with Gasteiger partial charge in [0.2, 0.25) is 11.8 Å². The van der Waals surface area contributed by atoms with E-state index >= 15 is 0 Å². The summed E-state index contributed by atoms with van der Waals surface area (Å²) < 4.78 is 4.78. The molecule has 3 amide bonds. The van der Waals surface area contributed by atoms with Gasteiger partial charge in [-0.25, -0.2) is 4.79 Å². The van der Waals surface area contributed by atoms with Crippen molar-refractivity contribution in [2.24, 2.45) is 39.6 Å². The molecule has 3 unspecified atom stereocenters. The number of nitrogens with zero attached hydrogens (tertiary/aromatic N) is 5. The molecule has 1 saturated heterocycles. The molecule has 3 aromatic rings. The lowest BCUT2D eigenvalue weighted by molar-refractivity contribution is -0.134. The Balaban J connectivity index is 0.863. The monoisotopic (exact) mass is 739 g/mol. The molecule has 11 heteroatoms. The van der Waals surface area contributed by atoms with Gasteiger partial charge in [-0.1, -0.05) is 62.4 Å². The first-order chi connectivity index (χ1) is 26.8. The fourth-order valence-corrected chi connectivity index (χ4v) is 9.53. The average Bonchev–Trinajstić information content (AvgIpc) is 4.07. The normalized spacial score (nSPS) is 24.7. The molecular formula is C44H49N7O4. The van der Waals surface area contributed by atoms with Crippen molar-refractivity contribution in [1.82, 2.24) is 25.5 Å². The highest BCUT2D eigenvalue weighted by Gasteiger charge is 2.52. The maximum atomic E-state index is 13.6. The maximum absolute atomic E-state index is 13.6. The molecule has 2 saturated carbocycles. The van der Waals surface area contributed by atoms with Gasteiger partial charge in [0.25, 0.3) is 0 Å². The minimum Gasteiger partial charge on any atom is -0.453 e. The second-order valence-electron chi connectivity index (χ2n) is 15.9. The smallest absolute Gasteiger partial charge is 0.407 e. The number of likely N-dealkylation sites (tertiary alicyclic amines) is 1. The summed E-state index contributed by atoms with van der Waals surface area (Å²) in [6, 6.07) is 16.6. The molecule has 2 N–H and O–H groups in total. The van der Waals surface area contributed by atoms with E-state index in [0.29, 0.717) is 31.3 Å². The SMILES string of the molecule is COC(=O)N[C@H](C(=O)N1CCC[C@H]1C1=NC=C(c2ccc(-c3ccc(C4=CN=C(C5C6CCC(C6)[C@H]5C(=O)NCc5cnccn5)C4)cc3)cc2)C1)C(C)C. The van der Waals surface area contributed by atoms with Crippen molar-refractivity contribution in [1.29, 1.82) is 0 Å². The second kappa shape index (κ2) is 15.7. The average molecular weight is 740 g/mol. The Morgan fingerprint density at radius 1 is 0.836 bits per heavy atom. The minimum absolute atomic E-state index is 0.0358. The van der Waals surface area contributed by atoms with E-state index in [9.17, 15) is 14.4 Å². The third-order valence-electron chi connectivity index (χ3n) is 12.3. The van der Waals surface area contributed by atoms with Crippen LogP contribution in [0, 0.1) is 29.6 Å². The maximum Gasteiger partial charge on any atom is 0.407 e. The Labute approximate surface area is 322 Å². The zero-order valence-electron chi connectivity index (χ0n) is 31.8. The lowest BCUT2D eigenvalue weighted by Crippen LogP contribution is -2.53. The van der Waals surface area contributed by atoms with Crippen LogP contribution in [0.4, 0.5) is 4.79 Å². The molecule has 11 nitrogen and oxygen atoms in total. The predicted octanol–water partition coefficient (Wildman–Crippen LogP) is 6.87. The number of aliphatic imine (C=N–C) groups is 2. The van der Waals surface area contributed by atoms with Gasteiger partial charge < -0.3 is 20.3 Å². The Hall–Kier alpha value is -5.45. The first-order valence-electron chi connectivity index (χ1n) is 19.7. The molecule has 55 heavy (non-hydrogen) atoms. The standard InChI is InChI=1S/C44H49N7O4/c1-26(2)41(50-44(54)55-3)43(53)51-18-4-5-38(51)36-20-33(22-47-36)29-10-6-27(7-11-29)28-8-12-30(13-9-28)34-21-37(48-23-34)39-31-14-15-32(19-31)40(39)42(52)49-25-35-24-45-16-17-46-35/h6-13,16-17,22-24,26,31-32,38-41H,4-5,14-15,18-21,25H2,1-3H3,(H,49,52)(H,50,54)/t31?,32?,38-,39?,40+,41-/m0/s1. The van der Waals surface area contributed by atoms with Crippen LogP contribution in [0.5, 0.6) is 0 Å². The fraction of sp³-hybridized carbons (Fsp3) is 0.432. The second-order valence-corrected chi connectivity index (χ2v) is 15.9. The third-order valence-corrected chi connectivity index (χ3v) is 12.3. The third kappa shape index (κ3) is 7.49. The Bertz CT molecular complexity index is 2060. The summed E-state index contributed by atoms with van der Waals surface area (Å²) in [5, 5.41) is 5.87. The highest BCUT2D eigenvalue weighted by atomic mass is 16.5. The number of hydrogen-bond acceptors (Lipinski definition) is 8. The quantitative estimate of drug-likeness (QED) is 0.220. The Morgan fingerprint density at radius 2 is 1.47 bits per heavy atom. The number of rotatable bonds is 11. The summed E-state index contributed by atoms with van der Waals surface area (Å²) in [6.07, 6.45) is 15.0. The van der Waals surface area contributed by atoms with E-state index in [1.807, 2.05) is 31.1 Å². The molecule has 1 aromatic heterocycles. The molecule has 0 spiro atoms. The predicted molar refractivity (Wildman–Crippen MR) is 213 cm³/mol. The van der Waals surface area contributed by atoms with Crippen molar-refractivity contribution < 1.29 is 19.1 Å². The van der Waals surface area contributed by atoms with Gasteiger partial charge >= 0.3 is 6.09 Å². The molecule has 3 aliphatic heterocycles. The zero-order valence-corrected chi connectivity index (χ0v) is 31.8. The van der Waals surface area contributed by atoms with Crippen LogP contribution in [-0.4, -0.2) is 69.9 Å². The van der Waals surface area contributed by atoms with Gasteiger partial charge in [-0.05, 0) is 83.3 Å². The molecule has 2 aromatic carbocycles. The van der Waals surface area contributed by atoms with E-state index in [2.05, 4.69) is 69.1 Å². The lowest BCUT2D eigenvalue weighted by Gasteiger charge is -2.31. The van der Waals surface area contributed by atoms with Gasteiger partial charge in [0.1, 0.15) is 6.04 Å². The zero-order chi connectivity index (χ0) is 38.1. The number of alkyl carbamates (subject to hydrolysis) is 1. The van der Waals surface area contributed by atoms with Crippen LogP contribution in [0.1, 0.15) is 75.6 Å². The molecule has 2 aliphatic carbocycles. The van der Waals surface area contributed by atoms with Gasteiger partial charge in [-0.15, -0.1) is 0 Å². The summed E-state index contributed by atoms with van der Waals surface area (Å²) >= 11 is 0. The van der Waals surface area contributed by atoms with Gasteiger partial charge in [0, 0.05) is 67.4 Å². The van der Waals surface area contributed by atoms with Crippen molar-refractivity contribution in [2.75, 3.05) is 13.7 Å². The number of ether oxygens (including phenoxy) is 1. The number of carbonyl (C=O) groups excluding carboxylic acids is 3. The summed E-state index contributed by atoms with van der Waals surface area (Å²) in [5.74, 6) is 1.05. The van der Waals surface area contributed by atoms with Crippen LogP contribution >= 0.6 is 0 Å². The first-order valence-corrected chi connectivity index (χ1v) is 19.7. The van der Waals surface area contributed by atoms with E-state index in [1.54, 1.807) is 18.6 Å². The van der Waals surface area contributed by atoms with E-state index in [0.717, 1.165) is 77.0 Å². The highest BCUT2D eigenvalue weighted by Crippen LogP contribution is 2.54. The molecule has 8 rings (SSSR count). The summed E-state index contributed by atoms with van der Waals surface area (Å²) in [6.45, 7) is 4.90. The summed E-state index contributed by atoms with van der Waals surface area (Å²) in [5.41, 5.74) is 9.79. The number of aromatic nitrogens is 2. The van der Waals surface area contributed by atoms with E-state index in [1.165, 1.54) is 19.1 Å². The number of fused-ring (bicyclic) bond motifs is 2. The topological polar surface area (TPSA) is 138 Å². The first kappa shape index (κ1) is 36.5. The molecule has 284 valence electrons. The largest absolute Gasteiger partial charge is 0.453 e. The van der Waals surface area contributed by atoms with Crippen LogP contribution in [0.25, 0.3) is 22.3 Å². The molecule has 4 heterocycles. The number of carbonyl (C=O) groups is 3. The Morgan fingerprint density at radius 3 is 2.11 bits per heavy atom. The van der Waals surface area contributed by atoms with Crippen LogP contribution < -0.4 is 10.6 Å². The van der Waals surface area contributed by atoms with Gasteiger partial charge in [0.15, 0.2) is 0 Å².